The molecule has 0 radical (unpaired) electrons. The molecule has 26 heavy (non-hydrogen) atoms. The van der Waals surface area contributed by atoms with Crippen LogP contribution in [0.1, 0.15) is 25.8 Å². The van der Waals surface area contributed by atoms with Gasteiger partial charge < -0.3 is 20.1 Å². The van der Waals surface area contributed by atoms with Gasteiger partial charge in [0.2, 0.25) is 5.91 Å². The van der Waals surface area contributed by atoms with Crippen molar-refractivity contribution < 1.29 is 14.3 Å². The maximum atomic E-state index is 12.1. The Labute approximate surface area is 155 Å². The molecule has 140 valence electrons. The van der Waals surface area contributed by atoms with Crippen molar-refractivity contribution >= 4 is 11.6 Å². The van der Waals surface area contributed by atoms with Crippen molar-refractivity contribution in [3.05, 3.63) is 54.1 Å². The highest BCUT2D eigenvalue weighted by molar-refractivity contribution is 5.92. The first-order valence-electron chi connectivity index (χ1n) is 8.93. The van der Waals surface area contributed by atoms with Crippen LogP contribution in [0.4, 0.5) is 5.69 Å². The minimum absolute atomic E-state index is 0.0853. The van der Waals surface area contributed by atoms with E-state index in [0.29, 0.717) is 19.1 Å². The number of rotatable bonds is 10. The van der Waals surface area contributed by atoms with Gasteiger partial charge in [-0.1, -0.05) is 32.0 Å². The Hall–Kier alpha value is -2.53. The van der Waals surface area contributed by atoms with Crippen LogP contribution < -0.4 is 20.1 Å². The number of benzene rings is 2. The molecule has 0 saturated heterocycles. The topological polar surface area (TPSA) is 59.6 Å². The Morgan fingerprint density at radius 1 is 1.08 bits per heavy atom. The quantitative estimate of drug-likeness (QED) is 0.679. The lowest BCUT2D eigenvalue weighted by Gasteiger charge is -2.11. The number of nitrogens with one attached hydrogen (secondary N) is 2. The Morgan fingerprint density at radius 3 is 2.54 bits per heavy atom. The first-order chi connectivity index (χ1) is 12.6. The van der Waals surface area contributed by atoms with Crippen molar-refractivity contribution in [2.75, 3.05) is 25.6 Å². The van der Waals surface area contributed by atoms with Crippen molar-refractivity contribution in [1.82, 2.24) is 5.32 Å². The lowest BCUT2D eigenvalue weighted by atomic mass is 10.1. The normalized spacial score (nSPS) is 10.6. The second-order valence-corrected chi connectivity index (χ2v) is 6.56. The molecule has 2 rings (SSSR count). The molecule has 2 aromatic rings. The van der Waals surface area contributed by atoms with Crippen LogP contribution in [-0.2, 0) is 11.3 Å². The molecule has 0 saturated carbocycles. The van der Waals surface area contributed by atoms with Gasteiger partial charge >= 0.3 is 0 Å². The van der Waals surface area contributed by atoms with Crippen molar-refractivity contribution in [2.45, 2.75) is 26.8 Å². The molecule has 0 spiro atoms. The Kier molecular flexibility index (Phi) is 7.96. The van der Waals surface area contributed by atoms with E-state index in [1.165, 1.54) is 0 Å². The standard InChI is InChI=1S/C21H28N2O3/c1-16(2)11-12-26-20-6-4-5-18(13-20)23-21(24)15-22-14-17-7-9-19(25-3)10-8-17/h4-10,13,16,22H,11-12,14-15H2,1-3H3,(H,23,24). The Morgan fingerprint density at radius 2 is 1.85 bits per heavy atom. The molecular formula is C21H28N2O3. The van der Waals surface area contributed by atoms with Gasteiger partial charge in [-0.3, -0.25) is 4.79 Å². The van der Waals surface area contributed by atoms with Crippen LogP contribution in [0.2, 0.25) is 0 Å². The van der Waals surface area contributed by atoms with Crippen molar-refractivity contribution in [2.24, 2.45) is 5.92 Å². The predicted molar refractivity (Wildman–Crippen MR) is 105 cm³/mol. The number of methoxy groups -OCH3 is 1. The predicted octanol–water partition coefficient (Wildman–Crippen LogP) is 3.85. The number of carbonyl (C=O) groups excluding carboxylic acids is 1. The van der Waals surface area contributed by atoms with Gasteiger partial charge in [-0.15, -0.1) is 0 Å². The minimum atomic E-state index is -0.0853. The molecule has 2 aromatic carbocycles. The zero-order chi connectivity index (χ0) is 18.8. The molecule has 2 N–H and O–H groups in total. The van der Waals surface area contributed by atoms with Gasteiger partial charge in [-0.2, -0.15) is 0 Å². The van der Waals surface area contributed by atoms with Crippen molar-refractivity contribution in [3.63, 3.8) is 0 Å². The van der Waals surface area contributed by atoms with E-state index >= 15 is 0 Å². The lowest BCUT2D eigenvalue weighted by Crippen LogP contribution is -2.27. The third kappa shape index (κ3) is 7.15. The van der Waals surface area contributed by atoms with Crippen molar-refractivity contribution in [1.29, 1.82) is 0 Å². The fourth-order valence-electron chi connectivity index (χ4n) is 2.35. The maximum Gasteiger partial charge on any atom is 0.238 e. The summed E-state index contributed by atoms with van der Waals surface area (Å²) in [6.45, 7) is 5.87. The first kappa shape index (κ1) is 19.8. The van der Waals surface area contributed by atoms with Gasteiger partial charge in [0.1, 0.15) is 11.5 Å². The smallest absolute Gasteiger partial charge is 0.238 e. The van der Waals surface area contributed by atoms with Gasteiger partial charge in [0.25, 0.3) is 0 Å². The van der Waals surface area contributed by atoms with Crippen LogP contribution in [0, 0.1) is 5.92 Å². The van der Waals surface area contributed by atoms with E-state index in [-0.39, 0.29) is 12.5 Å². The summed E-state index contributed by atoms with van der Waals surface area (Å²) in [5.41, 5.74) is 1.84. The lowest BCUT2D eigenvalue weighted by molar-refractivity contribution is -0.115. The molecule has 0 bridgehead atoms. The summed E-state index contributed by atoms with van der Waals surface area (Å²) < 4.78 is 10.8. The average Bonchev–Trinajstić information content (AvgIpc) is 2.62. The molecule has 0 aliphatic heterocycles. The number of hydrogen-bond acceptors (Lipinski definition) is 4. The highest BCUT2D eigenvalue weighted by atomic mass is 16.5. The maximum absolute atomic E-state index is 12.1. The monoisotopic (exact) mass is 356 g/mol. The fourth-order valence-corrected chi connectivity index (χ4v) is 2.35. The second kappa shape index (κ2) is 10.5. The molecule has 0 aliphatic rings. The highest BCUT2D eigenvalue weighted by Gasteiger charge is 2.04. The summed E-state index contributed by atoms with van der Waals surface area (Å²) in [6, 6.07) is 15.2. The molecule has 0 fully saturated rings. The number of anilines is 1. The van der Waals surface area contributed by atoms with Gasteiger partial charge in [-0.05, 0) is 42.2 Å². The molecule has 1 amide bonds. The Balaban J connectivity index is 1.74. The van der Waals surface area contributed by atoms with Gasteiger partial charge in [0, 0.05) is 18.3 Å². The Bertz CT molecular complexity index is 684. The number of amides is 1. The number of hydrogen-bond donors (Lipinski definition) is 2. The second-order valence-electron chi connectivity index (χ2n) is 6.56. The highest BCUT2D eigenvalue weighted by Crippen LogP contribution is 2.18. The van der Waals surface area contributed by atoms with Crippen molar-refractivity contribution in [3.8, 4) is 11.5 Å². The summed E-state index contributed by atoms with van der Waals surface area (Å²) >= 11 is 0. The van der Waals surface area contributed by atoms with Crippen LogP contribution in [-0.4, -0.2) is 26.2 Å². The number of carbonyl (C=O) groups is 1. The molecule has 0 heterocycles. The molecule has 5 nitrogen and oxygen atoms in total. The van der Waals surface area contributed by atoms with E-state index in [4.69, 9.17) is 9.47 Å². The fraction of sp³-hybridized carbons (Fsp3) is 0.381. The zero-order valence-electron chi connectivity index (χ0n) is 15.7. The van der Waals surface area contributed by atoms with E-state index in [9.17, 15) is 4.79 Å². The van der Waals surface area contributed by atoms with E-state index < -0.39 is 0 Å². The summed E-state index contributed by atoms with van der Waals surface area (Å²) in [6.07, 6.45) is 1.01. The number of ether oxygens (including phenoxy) is 2. The molecule has 0 aliphatic carbocycles. The molecule has 0 atom stereocenters. The molecule has 0 unspecified atom stereocenters. The summed E-state index contributed by atoms with van der Waals surface area (Å²) in [5, 5.41) is 6.02. The van der Waals surface area contributed by atoms with E-state index in [1.54, 1.807) is 7.11 Å². The third-order valence-corrected chi connectivity index (χ3v) is 3.86. The summed E-state index contributed by atoms with van der Waals surface area (Å²) in [5.74, 6) is 2.11. The molecule has 5 heteroatoms. The van der Waals surface area contributed by atoms with Crippen LogP contribution in [0.15, 0.2) is 48.5 Å². The zero-order valence-corrected chi connectivity index (χ0v) is 15.7. The molecular weight excluding hydrogens is 328 g/mol. The first-order valence-corrected chi connectivity index (χ1v) is 8.93. The van der Waals surface area contributed by atoms with Gasteiger partial charge in [-0.25, -0.2) is 0 Å². The molecule has 0 aromatic heterocycles. The summed E-state index contributed by atoms with van der Waals surface area (Å²) in [4.78, 5) is 12.1. The van der Waals surface area contributed by atoms with Gasteiger partial charge in [0.15, 0.2) is 0 Å². The van der Waals surface area contributed by atoms with E-state index in [1.807, 2.05) is 48.5 Å². The third-order valence-electron chi connectivity index (χ3n) is 3.86. The SMILES string of the molecule is COc1ccc(CNCC(=O)Nc2cccc(OCCC(C)C)c2)cc1. The van der Waals surface area contributed by atoms with Crippen LogP contribution >= 0.6 is 0 Å². The van der Waals surface area contributed by atoms with Crippen LogP contribution in [0.25, 0.3) is 0 Å². The largest absolute Gasteiger partial charge is 0.497 e. The minimum Gasteiger partial charge on any atom is -0.497 e. The van der Waals surface area contributed by atoms with E-state index in [0.717, 1.165) is 29.2 Å². The van der Waals surface area contributed by atoms with Crippen LogP contribution in [0.3, 0.4) is 0 Å². The average molecular weight is 356 g/mol. The van der Waals surface area contributed by atoms with E-state index in [2.05, 4.69) is 24.5 Å². The van der Waals surface area contributed by atoms with Crippen LogP contribution in [0.5, 0.6) is 11.5 Å². The van der Waals surface area contributed by atoms with Gasteiger partial charge in [0.05, 0.1) is 20.3 Å². The summed E-state index contributed by atoms with van der Waals surface area (Å²) in [7, 11) is 1.64.